The molecule has 0 heterocycles. The molecule has 2 aromatic rings. The van der Waals surface area contributed by atoms with Crippen LogP contribution in [0.15, 0.2) is 54.6 Å². The number of Topliss-reactive ketones (excluding diaryl/α,β-unsaturated/α-hetero) is 2. The highest BCUT2D eigenvalue weighted by molar-refractivity contribution is 6.36. The topological polar surface area (TPSA) is 60.4 Å². The number of hydrogen-bond donors (Lipinski definition) is 0. The van der Waals surface area contributed by atoms with E-state index in [1.54, 1.807) is 24.3 Å². The van der Waals surface area contributed by atoms with Gasteiger partial charge in [0.15, 0.2) is 5.78 Å². The molecule has 5 heteroatoms. The average molecular weight is 343 g/mol. The Morgan fingerprint density at radius 2 is 1.54 bits per heavy atom. The minimum absolute atomic E-state index is 0.164. The molecule has 0 aromatic heterocycles. The number of carbonyl (C=O) groups is 3. The molecular formula is C19H15ClO4. The zero-order chi connectivity index (χ0) is 17.3. The van der Waals surface area contributed by atoms with Gasteiger partial charge in [-0.05, 0) is 29.8 Å². The van der Waals surface area contributed by atoms with Crippen LogP contribution in [0.1, 0.15) is 21.8 Å². The van der Waals surface area contributed by atoms with Crippen LogP contribution in [0.25, 0.3) is 0 Å². The van der Waals surface area contributed by atoms with Gasteiger partial charge in [0, 0.05) is 28.3 Å². The molecule has 2 aromatic carbocycles. The average Bonchev–Trinajstić information content (AvgIpc) is 3.36. The van der Waals surface area contributed by atoms with Crippen LogP contribution in [0.5, 0.6) is 0 Å². The van der Waals surface area contributed by atoms with Crippen molar-refractivity contribution < 1.29 is 19.1 Å². The van der Waals surface area contributed by atoms with Gasteiger partial charge in [0.2, 0.25) is 5.78 Å². The molecule has 24 heavy (non-hydrogen) atoms. The monoisotopic (exact) mass is 342 g/mol. The number of methoxy groups -OCH3 is 1. The van der Waals surface area contributed by atoms with Crippen LogP contribution in [0.3, 0.4) is 0 Å². The van der Waals surface area contributed by atoms with Gasteiger partial charge in [0.25, 0.3) is 0 Å². The number of halogens is 1. The van der Waals surface area contributed by atoms with Crippen molar-refractivity contribution in [1.82, 2.24) is 0 Å². The maximum absolute atomic E-state index is 12.8. The van der Waals surface area contributed by atoms with E-state index in [-0.39, 0.29) is 11.7 Å². The molecule has 0 spiro atoms. The summed E-state index contributed by atoms with van der Waals surface area (Å²) in [5.74, 6) is -3.27. The van der Waals surface area contributed by atoms with E-state index >= 15 is 0 Å². The highest BCUT2D eigenvalue weighted by Crippen LogP contribution is 2.56. The van der Waals surface area contributed by atoms with E-state index < -0.39 is 23.6 Å². The maximum atomic E-state index is 12.8. The number of benzene rings is 2. The number of hydrogen-bond acceptors (Lipinski definition) is 4. The SMILES string of the molecule is COC(=O)C(=O)[C@@H]1[C@H](C(=O)c2ccc(Cl)cc2)[C@H]1c1ccccc1. The first-order valence-electron chi connectivity index (χ1n) is 7.51. The fourth-order valence-corrected chi connectivity index (χ4v) is 3.22. The summed E-state index contributed by atoms with van der Waals surface area (Å²) in [6.45, 7) is 0. The van der Waals surface area contributed by atoms with Crippen molar-refractivity contribution in [1.29, 1.82) is 0 Å². The lowest BCUT2D eigenvalue weighted by Gasteiger charge is -2.01. The second-order valence-electron chi connectivity index (χ2n) is 5.72. The van der Waals surface area contributed by atoms with Gasteiger partial charge in [-0.3, -0.25) is 9.59 Å². The normalized spacial score (nSPS) is 21.8. The standard InChI is InChI=1S/C19H15ClO4/c1-24-19(23)18(22)16-14(11-5-3-2-4-6-11)15(16)17(21)12-7-9-13(20)10-8-12/h2-10,14-16H,1H3/t14-,15-,16+/m1/s1. The first kappa shape index (κ1) is 16.4. The molecule has 0 aliphatic heterocycles. The molecule has 1 saturated carbocycles. The minimum Gasteiger partial charge on any atom is -0.463 e. The maximum Gasteiger partial charge on any atom is 0.374 e. The first-order chi connectivity index (χ1) is 11.5. The van der Waals surface area contributed by atoms with Crippen LogP contribution in [0.4, 0.5) is 0 Å². The third-order valence-electron chi connectivity index (χ3n) is 4.33. The van der Waals surface area contributed by atoms with Crippen molar-refractivity contribution in [2.75, 3.05) is 7.11 Å². The van der Waals surface area contributed by atoms with E-state index in [9.17, 15) is 14.4 Å². The minimum atomic E-state index is -0.910. The lowest BCUT2D eigenvalue weighted by molar-refractivity contribution is -0.152. The molecule has 0 amide bonds. The van der Waals surface area contributed by atoms with Gasteiger partial charge < -0.3 is 4.74 Å². The summed E-state index contributed by atoms with van der Waals surface area (Å²) in [6, 6.07) is 15.8. The quantitative estimate of drug-likeness (QED) is 0.475. The highest BCUT2D eigenvalue weighted by atomic mass is 35.5. The van der Waals surface area contributed by atoms with Crippen LogP contribution < -0.4 is 0 Å². The summed E-state index contributed by atoms with van der Waals surface area (Å²) in [6.07, 6.45) is 0. The van der Waals surface area contributed by atoms with Crippen molar-refractivity contribution in [3.63, 3.8) is 0 Å². The molecule has 0 unspecified atom stereocenters. The van der Waals surface area contributed by atoms with Crippen molar-refractivity contribution in [3.05, 3.63) is 70.7 Å². The summed E-state index contributed by atoms with van der Waals surface area (Å²) in [4.78, 5) is 36.7. The Balaban J connectivity index is 1.91. The van der Waals surface area contributed by atoms with Gasteiger partial charge in [-0.25, -0.2) is 4.79 Å². The predicted octanol–water partition coefficient (Wildman–Crippen LogP) is 3.29. The van der Waals surface area contributed by atoms with Gasteiger partial charge in [0.05, 0.1) is 7.11 Å². The Morgan fingerprint density at radius 3 is 2.12 bits per heavy atom. The van der Waals surface area contributed by atoms with Crippen molar-refractivity contribution in [2.45, 2.75) is 5.92 Å². The summed E-state index contributed by atoms with van der Waals surface area (Å²) >= 11 is 5.85. The lowest BCUT2D eigenvalue weighted by Crippen LogP contribution is -2.20. The Hall–Kier alpha value is -2.46. The third kappa shape index (κ3) is 2.97. The van der Waals surface area contributed by atoms with E-state index in [1.165, 1.54) is 0 Å². The number of esters is 1. The zero-order valence-corrected chi connectivity index (χ0v) is 13.7. The van der Waals surface area contributed by atoms with E-state index in [0.717, 1.165) is 12.7 Å². The highest BCUT2D eigenvalue weighted by Gasteiger charge is 2.60. The largest absolute Gasteiger partial charge is 0.463 e. The molecule has 4 nitrogen and oxygen atoms in total. The van der Waals surface area contributed by atoms with Crippen LogP contribution in [0.2, 0.25) is 5.02 Å². The van der Waals surface area contributed by atoms with Crippen LogP contribution in [-0.4, -0.2) is 24.6 Å². The predicted molar refractivity (Wildman–Crippen MR) is 89.0 cm³/mol. The zero-order valence-electron chi connectivity index (χ0n) is 12.9. The molecule has 0 saturated heterocycles. The molecule has 0 N–H and O–H groups in total. The molecule has 3 rings (SSSR count). The molecule has 1 aliphatic carbocycles. The van der Waals surface area contributed by atoms with Crippen molar-refractivity contribution in [3.8, 4) is 0 Å². The van der Waals surface area contributed by atoms with E-state index in [2.05, 4.69) is 4.74 Å². The molecule has 1 fully saturated rings. The second-order valence-corrected chi connectivity index (χ2v) is 6.15. The molecule has 1 aliphatic rings. The van der Waals surface area contributed by atoms with Gasteiger partial charge in [-0.1, -0.05) is 41.9 Å². The third-order valence-corrected chi connectivity index (χ3v) is 4.58. The number of rotatable bonds is 5. The van der Waals surface area contributed by atoms with Gasteiger partial charge in [0.1, 0.15) is 0 Å². The van der Waals surface area contributed by atoms with Crippen LogP contribution >= 0.6 is 11.6 Å². The molecular weight excluding hydrogens is 328 g/mol. The Kier molecular flexibility index (Phi) is 4.49. The van der Waals surface area contributed by atoms with E-state index in [4.69, 9.17) is 11.6 Å². The molecule has 0 bridgehead atoms. The van der Waals surface area contributed by atoms with E-state index in [1.807, 2.05) is 30.3 Å². The van der Waals surface area contributed by atoms with Crippen molar-refractivity contribution >= 4 is 29.1 Å². The lowest BCUT2D eigenvalue weighted by atomic mass is 10.0. The van der Waals surface area contributed by atoms with Crippen LogP contribution in [0, 0.1) is 11.8 Å². The first-order valence-corrected chi connectivity index (χ1v) is 7.89. The smallest absolute Gasteiger partial charge is 0.374 e. The molecule has 122 valence electrons. The fraction of sp³-hybridized carbons (Fsp3) is 0.211. The van der Waals surface area contributed by atoms with Gasteiger partial charge in [-0.2, -0.15) is 0 Å². The number of ether oxygens (including phenoxy) is 1. The Bertz CT molecular complexity index is 783. The molecule has 3 atom stereocenters. The summed E-state index contributed by atoms with van der Waals surface area (Å²) in [7, 11) is 1.16. The van der Waals surface area contributed by atoms with Gasteiger partial charge in [-0.15, -0.1) is 0 Å². The summed E-state index contributed by atoms with van der Waals surface area (Å²) in [5, 5.41) is 0.532. The Morgan fingerprint density at radius 1 is 0.917 bits per heavy atom. The van der Waals surface area contributed by atoms with Crippen molar-refractivity contribution in [2.24, 2.45) is 11.8 Å². The van der Waals surface area contributed by atoms with Crippen LogP contribution in [-0.2, 0) is 14.3 Å². The van der Waals surface area contributed by atoms with E-state index in [0.29, 0.717) is 10.6 Å². The summed E-state index contributed by atoms with van der Waals surface area (Å²) < 4.78 is 4.53. The number of ketones is 2. The van der Waals surface area contributed by atoms with Gasteiger partial charge >= 0.3 is 5.97 Å². The number of carbonyl (C=O) groups excluding carboxylic acids is 3. The second kappa shape index (κ2) is 6.57. The summed E-state index contributed by atoms with van der Waals surface area (Å²) in [5.41, 5.74) is 1.34. The fourth-order valence-electron chi connectivity index (χ4n) is 3.10. The molecule has 0 radical (unpaired) electrons. The Labute approximate surface area is 144 Å².